The SMILES string of the molecule is CCCCCCCC(C)C1C(C)C1C. The molecular formula is C14H28. The second-order valence-electron chi connectivity index (χ2n) is 5.48. The number of unbranched alkanes of at least 4 members (excludes halogenated alkanes) is 4. The van der Waals surface area contributed by atoms with Gasteiger partial charge in [0.05, 0.1) is 0 Å². The lowest BCUT2D eigenvalue weighted by Gasteiger charge is -2.10. The molecule has 1 fully saturated rings. The van der Waals surface area contributed by atoms with E-state index in [1.165, 1.54) is 38.5 Å². The van der Waals surface area contributed by atoms with Crippen molar-refractivity contribution in [3.8, 4) is 0 Å². The smallest absolute Gasteiger partial charge is 0.0332 e. The largest absolute Gasteiger partial charge is 0.0654 e. The van der Waals surface area contributed by atoms with E-state index in [2.05, 4.69) is 27.7 Å². The first-order chi connectivity index (χ1) is 6.68. The van der Waals surface area contributed by atoms with E-state index in [4.69, 9.17) is 0 Å². The van der Waals surface area contributed by atoms with Crippen LogP contribution in [0.25, 0.3) is 0 Å². The summed E-state index contributed by atoms with van der Waals surface area (Å²) in [5, 5.41) is 0. The van der Waals surface area contributed by atoms with Crippen LogP contribution in [0.5, 0.6) is 0 Å². The van der Waals surface area contributed by atoms with E-state index in [1.807, 2.05) is 0 Å². The van der Waals surface area contributed by atoms with Crippen LogP contribution in [-0.4, -0.2) is 0 Å². The van der Waals surface area contributed by atoms with Gasteiger partial charge in [0.25, 0.3) is 0 Å². The Kier molecular flexibility index (Phi) is 4.98. The van der Waals surface area contributed by atoms with Crippen molar-refractivity contribution in [2.75, 3.05) is 0 Å². The van der Waals surface area contributed by atoms with Crippen molar-refractivity contribution in [2.45, 2.75) is 66.2 Å². The molecule has 1 saturated carbocycles. The number of hydrogen-bond donors (Lipinski definition) is 0. The lowest BCUT2D eigenvalue weighted by molar-refractivity contribution is 0.412. The molecule has 0 bridgehead atoms. The molecule has 84 valence electrons. The van der Waals surface area contributed by atoms with Gasteiger partial charge in [-0.25, -0.2) is 0 Å². The van der Waals surface area contributed by atoms with Crippen LogP contribution in [0.4, 0.5) is 0 Å². The highest BCUT2D eigenvalue weighted by molar-refractivity contribution is 4.93. The maximum atomic E-state index is 2.46. The Morgan fingerprint density at radius 1 is 0.929 bits per heavy atom. The van der Waals surface area contributed by atoms with Gasteiger partial charge < -0.3 is 0 Å². The molecule has 1 rings (SSSR count). The van der Waals surface area contributed by atoms with Gasteiger partial charge in [-0.2, -0.15) is 0 Å². The van der Waals surface area contributed by atoms with Gasteiger partial charge in [0.2, 0.25) is 0 Å². The molecule has 0 saturated heterocycles. The van der Waals surface area contributed by atoms with Crippen molar-refractivity contribution in [3.05, 3.63) is 0 Å². The summed E-state index contributed by atoms with van der Waals surface area (Å²) < 4.78 is 0. The summed E-state index contributed by atoms with van der Waals surface area (Å²) in [7, 11) is 0. The Morgan fingerprint density at radius 2 is 1.50 bits per heavy atom. The highest BCUT2D eigenvalue weighted by atomic mass is 14.5. The molecule has 0 aliphatic heterocycles. The predicted octanol–water partition coefficient (Wildman–Crippen LogP) is 4.89. The minimum atomic E-state index is 0.988. The topological polar surface area (TPSA) is 0 Å². The van der Waals surface area contributed by atoms with Gasteiger partial charge in [-0.3, -0.25) is 0 Å². The fraction of sp³-hybridized carbons (Fsp3) is 1.00. The van der Waals surface area contributed by atoms with Crippen molar-refractivity contribution < 1.29 is 0 Å². The zero-order chi connectivity index (χ0) is 10.6. The van der Waals surface area contributed by atoms with Gasteiger partial charge >= 0.3 is 0 Å². The molecule has 14 heavy (non-hydrogen) atoms. The lowest BCUT2D eigenvalue weighted by Crippen LogP contribution is -1.99. The van der Waals surface area contributed by atoms with E-state index >= 15 is 0 Å². The molecule has 1 aliphatic rings. The van der Waals surface area contributed by atoms with Crippen LogP contribution < -0.4 is 0 Å². The molecule has 0 N–H and O–H groups in total. The average molecular weight is 196 g/mol. The third-order valence-corrected chi connectivity index (χ3v) is 4.32. The molecule has 3 atom stereocenters. The zero-order valence-electron chi connectivity index (χ0n) is 10.6. The fourth-order valence-corrected chi connectivity index (χ4v) is 3.00. The minimum Gasteiger partial charge on any atom is -0.0654 e. The molecule has 0 amide bonds. The van der Waals surface area contributed by atoms with Gasteiger partial charge in [-0.05, 0) is 23.7 Å². The molecule has 0 radical (unpaired) electrons. The summed E-state index contributed by atoms with van der Waals surface area (Å²) in [4.78, 5) is 0. The molecule has 0 heterocycles. The highest BCUT2D eigenvalue weighted by Gasteiger charge is 2.45. The molecule has 3 unspecified atom stereocenters. The third-order valence-electron chi connectivity index (χ3n) is 4.32. The quantitative estimate of drug-likeness (QED) is 0.509. The molecule has 0 aromatic rings. The van der Waals surface area contributed by atoms with Gasteiger partial charge in [0, 0.05) is 0 Å². The molecule has 0 heteroatoms. The first-order valence-electron chi connectivity index (χ1n) is 6.68. The van der Waals surface area contributed by atoms with Crippen molar-refractivity contribution in [1.82, 2.24) is 0 Å². The third kappa shape index (κ3) is 3.29. The summed E-state index contributed by atoms with van der Waals surface area (Å²) in [6.07, 6.45) is 8.67. The standard InChI is InChI=1S/C14H28/c1-5-6-7-8-9-10-11(2)14-12(3)13(14)4/h11-14H,5-10H2,1-4H3. The van der Waals surface area contributed by atoms with E-state index in [0.717, 1.165) is 23.7 Å². The molecular weight excluding hydrogens is 168 g/mol. The van der Waals surface area contributed by atoms with Crippen molar-refractivity contribution in [1.29, 1.82) is 0 Å². The fourth-order valence-electron chi connectivity index (χ4n) is 3.00. The average Bonchev–Trinajstić information content (AvgIpc) is 2.74. The summed E-state index contributed by atoms with van der Waals surface area (Å²) in [6, 6.07) is 0. The summed E-state index contributed by atoms with van der Waals surface area (Å²) >= 11 is 0. The Morgan fingerprint density at radius 3 is 2.00 bits per heavy atom. The Bertz CT molecular complexity index is 142. The Labute approximate surface area is 90.5 Å². The number of rotatable bonds is 7. The number of hydrogen-bond acceptors (Lipinski definition) is 0. The first-order valence-corrected chi connectivity index (χ1v) is 6.68. The molecule has 1 aliphatic carbocycles. The van der Waals surface area contributed by atoms with Gasteiger partial charge in [0.15, 0.2) is 0 Å². The van der Waals surface area contributed by atoms with Gasteiger partial charge in [-0.1, -0.05) is 66.2 Å². The molecule has 0 aromatic heterocycles. The van der Waals surface area contributed by atoms with Crippen molar-refractivity contribution in [2.24, 2.45) is 23.7 Å². The van der Waals surface area contributed by atoms with Gasteiger partial charge in [-0.15, -0.1) is 0 Å². The lowest BCUT2D eigenvalue weighted by atomic mass is 9.96. The van der Waals surface area contributed by atoms with Crippen LogP contribution in [0.1, 0.15) is 66.2 Å². The summed E-state index contributed by atoms with van der Waals surface area (Å²) in [6.45, 7) is 9.59. The van der Waals surface area contributed by atoms with Crippen LogP contribution in [-0.2, 0) is 0 Å². The minimum absolute atomic E-state index is 0.988. The van der Waals surface area contributed by atoms with E-state index in [0.29, 0.717) is 0 Å². The van der Waals surface area contributed by atoms with E-state index in [1.54, 1.807) is 0 Å². The maximum Gasteiger partial charge on any atom is -0.0332 e. The van der Waals surface area contributed by atoms with Crippen LogP contribution in [0.2, 0.25) is 0 Å². The first kappa shape index (κ1) is 12.1. The van der Waals surface area contributed by atoms with E-state index < -0.39 is 0 Å². The summed E-state index contributed by atoms with van der Waals surface area (Å²) in [5.74, 6) is 4.07. The highest BCUT2D eigenvalue weighted by Crippen LogP contribution is 2.51. The molecule has 0 nitrogen and oxygen atoms in total. The predicted molar refractivity (Wildman–Crippen MR) is 64.4 cm³/mol. The monoisotopic (exact) mass is 196 g/mol. The molecule has 0 aromatic carbocycles. The second-order valence-corrected chi connectivity index (χ2v) is 5.48. The van der Waals surface area contributed by atoms with Gasteiger partial charge in [0.1, 0.15) is 0 Å². The maximum absolute atomic E-state index is 2.46. The second kappa shape index (κ2) is 5.78. The van der Waals surface area contributed by atoms with E-state index in [-0.39, 0.29) is 0 Å². The Balaban J connectivity index is 1.96. The zero-order valence-corrected chi connectivity index (χ0v) is 10.6. The molecule has 0 spiro atoms. The van der Waals surface area contributed by atoms with Crippen LogP contribution in [0, 0.1) is 23.7 Å². The van der Waals surface area contributed by atoms with E-state index in [9.17, 15) is 0 Å². The Hall–Kier alpha value is 0. The summed E-state index contributed by atoms with van der Waals surface area (Å²) in [5.41, 5.74) is 0. The van der Waals surface area contributed by atoms with Crippen molar-refractivity contribution >= 4 is 0 Å². The van der Waals surface area contributed by atoms with Crippen LogP contribution in [0.3, 0.4) is 0 Å². The normalized spacial score (nSPS) is 33.0. The van der Waals surface area contributed by atoms with Crippen molar-refractivity contribution in [3.63, 3.8) is 0 Å². The van der Waals surface area contributed by atoms with Crippen LogP contribution >= 0.6 is 0 Å². The van der Waals surface area contributed by atoms with Crippen LogP contribution in [0.15, 0.2) is 0 Å².